The first-order chi connectivity index (χ1) is 16.1. The average molecular weight is 442 g/mol. The van der Waals surface area contributed by atoms with E-state index in [9.17, 15) is 13.6 Å². The zero-order valence-electron chi connectivity index (χ0n) is 17.2. The van der Waals surface area contributed by atoms with Crippen LogP contribution in [-0.4, -0.2) is 16.3 Å². The molecule has 0 atom stereocenters. The quantitative estimate of drug-likeness (QED) is 0.292. The molecule has 0 unspecified atom stereocenters. The summed E-state index contributed by atoms with van der Waals surface area (Å²) in [6, 6.07) is 19.8. The number of aromatic nitrogens is 2. The third-order valence-corrected chi connectivity index (χ3v) is 5.18. The number of fused-ring (bicyclic) bond motifs is 1. The zero-order valence-corrected chi connectivity index (χ0v) is 17.2. The van der Waals surface area contributed by atoms with E-state index < -0.39 is 11.6 Å². The van der Waals surface area contributed by atoms with Crippen molar-refractivity contribution in [2.45, 2.75) is 6.61 Å². The highest BCUT2D eigenvalue weighted by atomic mass is 19.1. The molecule has 0 saturated carbocycles. The summed E-state index contributed by atoms with van der Waals surface area (Å²) >= 11 is 0. The number of rotatable bonds is 6. The Hall–Kier alpha value is -4.39. The molecular formula is C26H16F2N2O3. The van der Waals surface area contributed by atoms with Gasteiger partial charge < -0.3 is 9.15 Å². The van der Waals surface area contributed by atoms with Crippen molar-refractivity contribution < 1.29 is 22.7 Å². The van der Waals surface area contributed by atoms with Crippen LogP contribution in [0.15, 0.2) is 83.5 Å². The molecule has 0 radical (unpaired) electrons. The van der Waals surface area contributed by atoms with Gasteiger partial charge in [0.1, 0.15) is 24.5 Å². The maximum Gasteiger partial charge on any atom is 0.185 e. The number of nitrogens with zero attached hydrogens (tertiary/aromatic N) is 2. The Kier molecular flexibility index (Phi) is 5.36. The van der Waals surface area contributed by atoms with Gasteiger partial charge in [-0.05, 0) is 42.0 Å². The molecule has 5 nitrogen and oxygen atoms in total. The third-order valence-electron chi connectivity index (χ3n) is 5.18. The van der Waals surface area contributed by atoms with Crippen molar-refractivity contribution in [2.75, 3.05) is 0 Å². The molecule has 0 fully saturated rings. The van der Waals surface area contributed by atoms with Crippen LogP contribution < -0.4 is 4.74 Å². The van der Waals surface area contributed by atoms with Crippen LogP contribution in [0.3, 0.4) is 0 Å². The minimum absolute atomic E-state index is 0.0854. The molecule has 0 aliphatic rings. The monoisotopic (exact) mass is 442 g/mol. The van der Waals surface area contributed by atoms with Gasteiger partial charge in [-0.2, -0.15) is 0 Å². The van der Waals surface area contributed by atoms with Gasteiger partial charge in [0, 0.05) is 17.0 Å². The van der Waals surface area contributed by atoms with E-state index in [0.29, 0.717) is 28.4 Å². The molecule has 5 aromatic rings. The summed E-state index contributed by atoms with van der Waals surface area (Å²) in [6.07, 6.45) is 1.84. The van der Waals surface area contributed by atoms with Gasteiger partial charge in [0.2, 0.25) is 0 Å². The second-order valence-corrected chi connectivity index (χ2v) is 7.31. The number of ether oxygens (including phenoxy) is 1. The molecule has 0 amide bonds. The summed E-state index contributed by atoms with van der Waals surface area (Å²) in [6.45, 7) is 0.238. The Labute approximate surface area is 187 Å². The van der Waals surface area contributed by atoms with E-state index in [1.807, 2.05) is 30.3 Å². The van der Waals surface area contributed by atoms with Crippen LogP contribution in [-0.2, 0) is 6.61 Å². The molecule has 2 heterocycles. The molecular weight excluding hydrogens is 426 g/mol. The molecule has 33 heavy (non-hydrogen) atoms. The number of benzene rings is 3. The van der Waals surface area contributed by atoms with E-state index in [2.05, 4.69) is 9.97 Å². The first-order valence-corrected chi connectivity index (χ1v) is 10.1. The molecule has 5 rings (SSSR count). The molecule has 2 aromatic heterocycles. The summed E-state index contributed by atoms with van der Waals surface area (Å²) in [5.74, 6) is -0.706. The third kappa shape index (κ3) is 4.08. The molecule has 7 heteroatoms. The number of furan rings is 1. The van der Waals surface area contributed by atoms with Gasteiger partial charge in [0.25, 0.3) is 0 Å². The van der Waals surface area contributed by atoms with Crippen LogP contribution in [0.5, 0.6) is 5.75 Å². The standard InChI is InChI=1S/C26H16F2N2O3/c27-21-12-23-20(11-19(21)24-9-7-18(13-31)33-24)26(30-15-29-23)17-6-8-25(22(28)10-17)32-14-16-4-2-1-3-5-16/h1-13,15H,14H2. The highest BCUT2D eigenvalue weighted by molar-refractivity contribution is 5.95. The predicted octanol–water partition coefficient (Wildman–Crippen LogP) is 6.23. The van der Waals surface area contributed by atoms with Crippen molar-refractivity contribution in [2.24, 2.45) is 0 Å². The van der Waals surface area contributed by atoms with Gasteiger partial charge in [-0.3, -0.25) is 4.79 Å². The summed E-state index contributed by atoms with van der Waals surface area (Å²) in [7, 11) is 0. The van der Waals surface area contributed by atoms with E-state index in [-0.39, 0.29) is 29.4 Å². The van der Waals surface area contributed by atoms with Crippen molar-refractivity contribution in [3.63, 3.8) is 0 Å². The smallest absolute Gasteiger partial charge is 0.185 e. The first kappa shape index (κ1) is 20.5. The average Bonchev–Trinajstić information content (AvgIpc) is 3.32. The van der Waals surface area contributed by atoms with Crippen molar-refractivity contribution in [3.05, 3.63) is 102 Å². The van der Waals surface area contributed by atoms with Crippen LogP contribution >= 0.6 is 0 Å². The van der Waals surface area contributed by atoms with E-state index >= 15 is 0 Å². The minimum atomic E-state index is -0.560. The Morgan fingerprint density at radius 1 is 0.909 bits per heavy atom. The molecule has 0 saturated heterocycles. The van der Waals surface area contributed by atoms with Crippen LogP contribution in [0, 0.1) is 11.6 Å². The van der Waals surface area contributed by atoms with Gasteiger partial charge in [0.15, 0.2) is 23.6 Å². The first-order valence-electron chi connectivity index (χ1n) is 10.1. The highest BCUT2D eigenvalue weighted by Crippen LogP contribution is 2.34. The fourth-order valence-electron chi connectivity index (χ4n) is 3.56. The lowest BCUT2D eigenvalue weighted by Gasteiger charge is -2.11. The van der Waals surface area contributed by atoms with Crippen LogP contribution in [0.1, 0.15) is 16.1 Å². The van der Waals surface area contributed by atoms with E-state index in [0.717, 1.165) is 5.56 Å². The molecule has 0 aliphatic carbocycles. The second-order valence-electron chi connectivity index (χ2n) is 7.31. The minimum Gasteiger partial charge on any atom is -0.486 e. The number of carbonyl (C=O) groups excluding carboxylic acids is 1. The lowest BCUT2D eigenvalue weighted by Crippen LogP contribution is -1.98. The van der Waals surface area contributed by atoms with Crippen LogP contribution in [0.25, 0.3) is 33.5 Å². The second kappa shape index (κ2) is 8.63. The topological polar surface area (TPSA) is 65.2 Å². The van der Waals surface area contributed by atoms with Gasteiger partial charge in [-0.1, -0.05) is 30.3 Å². The Morgan fingerprint density at radius 2 is 1.76 bits per heavy atom. The van der Waals surface area contributed by atoms with Crippen LogP contribution in [0.2, 0.25) is 0 Å². The Morgan fingerprint density at radius 3 is 2.52 bits per heavy atom. The zero-order chi connectivity index (χ0) is 22.8. The molecule has 0 N–H and O–H groups in total. The van der Waals surface area contributed by atoms with Crippen molar-refractivity contribution in [3.8, 4) is 28.3 Å². The van der Waals surface area contributed by atoms with Crippen molar-refractivity contribution >= 4 is 17.2 Å². The van der Waals surface area contributed by atoms with Gasteiger partial charge >= 0.3 is 0 Å². The van der Waals surface area contributed by atoms with Gasteiger partial charge in [0.05, 0.1) is 16.8 Å². The number of aldehydes is 1. The normalized spacial score (nSPS) is 11.0. The van der Waals surface area contributed by atoms with Crippen molar-refractivity contribution in [1.82, 2.24) is 9.97 Å². The summed E-state index contributed by atoms with van der Waals surface area (Å²) < 4.78 is 40.5. The lowest BCUT2D eigenvalue weighted by molar-refractivity contribution is 0.110. The van der Waals surface area contributed by atoms with Crippen LogP contribution in [0.4, 0.5) is 8.78 Å². The SMILES string of the molecule is O=Cc1ccc(-c2cc3c(-c4ccc(OCc5ccccc5)c(F)c4)ncnc3cc2F)o1. The highest BCUT2D eigenvalue weighted by Gasteiger charge is 2.16. The van der Waals surface area contributed by atoms with E-state index in [1.165, 1.54) is 42.7 Å². The Bertz CT molecular complexity index is 1470. The summed E-state index contributed by atoms with van der Waals surface area (Å²) in [4.78, 5) is 19.4. The number of hydrogen-bond donors (Lipinski definition) is 0. The number of hydrogen-bond acceptors (Lipinski definition) is 5. The summed E-state index contributed by atoms with van der Waals surface area (Å²) in [5, 5.41) is 0.510. The Balaban J connectivity index is 1.52. The molecule has 0 spiro atoms. The number of carbonyl (C=O) groups is 1. The van der Waals surface area contributed by atoms with E-state index in [4.69, 9.17) is 9.15 Å². The summed E-state index contributed by atoms with van der Waals surface area (Å²) in [5.41, 5.74) is 2.34. The maximum absolute atomic E-state index is 14.8. The fourth-order valence-corrected chi connectivity index (χ4v) is 3.56. The molecule has 3 aromatic carbocycles. The lowest BCUT2D eigenvalue weighted by atomic mass is 10.0. The van der Waals surface area contributed by atoms with Crippen molar-refractivity contribution in [1.29, 1.82) is 0 Å². The van der Waals surface area contributed by atoms with Gasteiger partial charge in [-0.15, -0.1) is 0 Å². The molecule has 162 valence electrons. The van der Waals surface area contributed by atoms with E-state index in [1.54, 1.807) is 6.07 Å². The maximum atomic E-state index is 14.8. The predicted molar refractivity (Wildman–Crippen MR) is 119 cm³/mol. The number of halogens is 2. The largest absolute Gasteiger partial charge is 0.486 e. The molecule has 0 bridgehead atoms. The van der Waals surface area contributed by atoms with Gasteiger partial charge in [-0.25, -0.2) is 18.7 Å². The fraction of sp³-hybridized carbons (Fsp3) is 0.0385. The molecule has 0 aliphatic heterocycles.